The molecule has 0 unspecified atom stereocenters. The van der Waals surface area contributed by atoms with Gasteiger partial charge in [-0.1, -0.05) is 94.3 Å². The van der Waals surface area contributed by atoms with Gasteiger partial charge in [-0.25, -0.2) is 0 Å². The van der Waals surface area contributed by atoms with Crippen LogP contribution in [0.4, 0.5) is 0 Å². The number of unbranched alkanes of at least 4 members (excludes halogenated alkanes) is 3. The van der Waals surface area contributed by atoms with E-state index < -0.39 is 8.32 Å². The Morgan fingerprint density at radius 2 is 0.714 bits per heavy atom. The predicted molar refractivity (Wildman–Crippen MR) is 199 cm³/mol. The molecule has 0 aliphatic carbocycles. The summed E-state index contributed by atoms with van der Waals surface area (Å²) in [4.78, 5) is 0. The molecule has 280 valence electrons. The second kappa shape index (κ2) is 29.2. The average Bonchev–Trinajstić information content (AvgIpc) is 3.11. The van der Waals surface area contributed by atoms with Crippen LogP contribution < -0.4 is 10.4 Å². The first-order valence-electron chi connectivity index (χ1n) is 18.0. The number of rotatable bonds is 33. The highest BCUT2D eigenvalue weighted by molar-refractivity contribution is 6.99. The zero-order valence-electron chi connectivity index (χ0n) is 30.4. The summed E-state index contributed by atoms with van der Waals surface area (Å²) in [5.41, 5.74) is 0. The van der Waals surface area contributed by atoms with E-state index in [1.807, 2.05) is 0 Å². The van der Waals surface area contributed by atoms with Gasteiger partial charge in [-0.3, -0.25) is 0 Å². The molecule has 0 aliphatic rings. The van der Waals surface area contributed by atoms with Crippen LogP contribution in [0.3, 0.4) is 0 Å². The number of hydrogen-bond donors (Lipinski definition) is 0. The SMILES string of the molecule is CC(C)(C)[Si](OCCOCCOCCOCCOCCOCCOCCOCCOCCCCCCCl)(c1ccccc1)c1ccccc1. The van der Waals surface area contributed by atoms with E-state index in [1.54, 1.807) is 0 Å². The van der Waals surface area contributed by atoms with E-state index in [0.29, 0.717) is 106 Å². The lowest BCUT2D eigenvalue weighted by Crippen LogP contribution is -2.66. The second-order valence-electron chi connectivity index (χ2n) is 12.5. The Kier molecular flexibility index (Phi) is 26.1. The molecule has 0 fully saturated rings. The van der Waals surface area contributed by atoms with Gasteiger partial charge >= 0.3 is 0 Å². The third kappa shape index (κ3) is 19.7. The Balaban J connectivity index is 1.36. The van der Waals surface area contributed by atoms with Gasteiger partial charge in [0.25, 0.3) is 8.32 Å². The van der Waals surface area contributed by atoms with Crippen molar-refractivity contribution >= 4 is 30.3 Å². The first kappa shape index (κ1) is 43.7. The molecular formula is C38H63ClO9Si. The third-order valence-corrected chi connectivity index (χ3v) is 13.0. The van der Waals surface area contributed by atoms with Gasteiger partial charge < -0.3 is 42.3 Å². The molecule has 0 bridgehead atoms. The molecule has 0 heterocycles. The van der Waals surface area contributed by atoms with Crippen LogP contribution >= 0.6 is 11.6 Å². The molecule has 0 saturated carbocycles. The predicted octanol–water partition coefficient (Wildman–Crippen LogP) is 5.50. The molecule has 2 rings (SSSR count). The molecule has 0 spiro atoms. The van der Waals surface area contributed by atoms with Gasteiger partial charge in [-0.05, 0) is 28.3 Å². The van der Waals surface area contributed by atoms with Crippen LogP contribution in [-0.2, 0) is 42.3 Å². The Bertz CT molecular complexity index is 958. The lowest BCUT2D eigenvalue weighted by Gasteiger charge is -2.43. The Morgan fingerprint density at radius 1 is 0.408 bits per heavy atom. The fourth-order valence-corrected chi connectivity index (χ4v) is 10.0. The molecule has 0 aliphatic heterocycles. The zero-order valence-corrected chi connectivity index (χ0v) is 32.1. The van der Waals surface area contributed by atoms with E-state index in [4.69, 9.17) is 53.9 Å². The number of hydrogen-bond acceptors (Lipinski definition) is 9. The largest absolute Gasteiger partial charge is 0.405 e. The molecule has 0 saturated heterocycles. The summed E-state index contributed by atoms with van der Waals surface area (Å²) in [5, 5.41) is 2.49. The van der Waals surface area contributed by atoms with Gasteiger partial charge in [0.15, 0.2) is 0 Å². The summed E-state index contributed by atoms with van der Waals surface area (Å²) < 4.78 is 51.5. The average molecular weight is 727 g/mol. The van der Waals surface area contributed by atoms with E-state index >= 15 is 0 Å². The summed E-state index contributed by atoms with van der Waals surface area (Å²) in [6.45, 7) is 16.2. The molecule has 2 aromatic carbocycles. The smallest absolute Gasteiger partial charge is 0.261 e. The molecule has 0 amide bonds. The first-order chi connectivity index (χ1) is 24.0. The Labute approximate surface area is 302 Å². The highest BCUT2D eigenvalue weighted by Gasteiger charge is 2.50. The maximum atomic E-state index is 6.85. The van der Waals surface area contributed by atoms with Gasteiger partial charge in [0, 0.05) is 12.5 Å². The van der Waals surface area contributed by atoms with Crippen molar-refractivity contribution in [1.82, 2.24) is 0 Å². The zero-order chi connectivity index (χ0) is 35.1. The molecule has 0 N–H and O–H groups in total. The summed E-state index contributed by atoms with van der Waals surface area (Å²) in [7, 11) is -2.53. The quantitative estimate of drug-likeness (QED) is 0.0539. The van der Waals surface area contributed by atoms with Crippen LogP contribution in [0.5, 0.6) is 0 Å². The van der Waals surface area contributed by atoms with E-state index in [0.717, 1.165) is 25.3 Å². The molecule has 11 heteroatoms. The van der Waals surface area contributed by atoms with E-state index in [-0.39, 0.29) is 5.04 Å². The van der Waals surface area contributed by atoms with Crippen molar-refractivity contribution in [3.63, 3.8) is 0 Å². The van der Waals surface area contributed by atoms with Gasteiger partial charge in [0.05, 0.1) is 106 Å². The first-order valence-corrected chi connectivity index (χ1v) is 20.4. The molecule has 2 aromatic rings. The number of halogens is 1. The minimum absolute atomic E-state index is 0.0513. The topological polar surface area (TPSA) is 83.1 Å². The molecular weight excluding hydrogens is 664 g/mol. The standard InChI is InChI=1S/C38H63ClO9Si/c1-38(2,3)49(36-14-8-6-9-15-36,37-16-10-7-11-17-37)48-35-34-47-33-32-46-31-30-45-29-28-44-27-26-43-25-24-42-23-22-41-21-20-40-19-13-5-4-12-18-39/h6-11,14-17H,4-5,12-13,18-35H2,1-3H3. The summed E-state index contributed by atoms with van der Waals surface area (Å²) >= 11 is 5.67. The van der Waals surface area contributed by atoms with Crippen molar-refractivity contribution < 1.29 is 42.3 Å². The van der Waals surface area contributed by atoms with Gasteiger partial charge in [0.2, 0.25) is 0 Å². The minimum Gasteiger partial charge on any atom is -0.405 e. The van der Waals surface area contributed by atoms with Gasteiger partial charge in [-0.2, -0.15) is 0 Å². The van der Waals surface area contributed by atoms with E-state index in [2.05, 4.69) is 81.4 Å². The van der Waals surface area contributed by atoms with E-state index in [9.17, 15) is 0 Å². The second-order valence-corrected chi connectivity index (χ2v) is 17.2. The Hall–Kier alpha value is -1.41. The van der Waals surface area contributed by atoms with Gasteiger partial charge in [-0.15, -0.1) is 11.6 Å². The van der Waals surface area contributed by atoms with Crippen LogP contribution in [0.25, 0.3) is 0 Å². The lowest BCUT2D eigenvalue weighted by atomic mass is 10.2. The van der Waals surface area contributed by atoms with Crippen molar-refractivity contribution in [3.8, 4) is 0 Å². The fourth-order valence-electron chi connectivity index (χ4n) is 5.31. The summed E-state index contributed by atoms with van der Waals surface area (Å²) in [6, 6.07) is 21.3. The highest BCUT2D eigenvalue weighted by Crippen LogP contribution is 2.36. The fraction of sp³-hybridized carbons (Fsp3) is 0.684. The van der Waals surface area contributed by atoms with Crippen LogP contribution in [0.15, 0.2) is 60.7 Å². The van der Waals surface area contributed by atoms with Crippen LogP contribution in [0, 0.1) is 0 Å². The van der Waals surface area contributed by atoms with Crippen molar-refractivity contribution in [1.29, 1.82) is 0 Å². The van der Waals surface area contributed by atoms with Crippen molar-refractivity contribution in [2.45, 2.75) is 51.5 Å². The van der Waals surface area contributed by atoms with Crippen LogP contribution in [0.2, 0.25) is 5.04 Å². The minimum atomic E-state index is -2.53. The number of benzene rings is 2. The summed E-state index contributed by atoms with van der Waals surface area (Å²) in [5.74, 6) is 0.745. The van der Waals surface area contributed by atoms with Crippen LogP contribution in [0.1, 0.15) is 46.5 Å². The molecule has 49 heavy (non-hydrogen) atoms. The summed E-state index contributed by atoms with van der Waals surface area (Å²) in [6.07, 6.45) is 4.50. The maximum absolute atomic E-state index is 6.85. The highest BCUT2D eigenvalue weighted by atomic mass is 35.5. The monoisotopic (exact) mass is 726 g/mol. The van der Waals surface area contributed by atoms with Crippen molar-refractivity contribution in [2.24, 2.45) is 0 Å². The van der Waals surface area contributed by atoms with E-state index in [1.165, 1.54) is 23.2 Å². The lowest BCUT2D eigenvalue weighted by molar-refractivity contribution is -0.0237. The molecule has 0 atom stereocenters. The maximum Gasteiger partial charge on any atom is 0.261 e. The normalized spacial score (nSPS) is 12.2. The number of ether oxygens (including phenoxy) is 8. The third-order valence-electron chi connectivity index (χ3n) is 7.74. The van der Waals surface area contributed by atoms with Crippen molar-refractivity contribution in [2.75, 3.05) is 118 Å². The molecule has 9 nitrogen and oxygen atoms in total. The van der Waals surface area contributed by atoms with Gasteiger partial charge in [0.1, 0.15) is 0 Å². The van der Waals surface area contributed by atoms with Crippen molar-refractivity contribution in [3.05, 3.63) is 60.7 Å². The van der Waals surface area contributed by atoms with Crippen LogP contribution in [-0.4, -0.2) is 127 Å². The molecule has 0 radical (unpaired) electrons. The number of alkyl halides is 1. The molecule has 0 aromatic heterocycles. The Morgan fingerprint density at radius 3 is 1.04 bits per heavy atom.